The Morgan fingerprint density at radius 3 is 2.54 bits per heavy atom. The number of aryl methyl sites for hydroxylation is 1. The van der Waals surface area contributed by atoms with Crippen LogP contribution in [-0.2, 0) is 29.8 Å². The van der Waals surface area contributed by atoms with Crippen molar-refractivity contribution >= 4 is 23.3 Å². The summed E-state index contributed by atoms with van der Waals surface area (Å²) in [4.78, 5) is 25.6. The first-order chi connectivity index (χ1) is 18.4. The molecule has 0 spiro atoms. The van der Waals surface area contributed by atoms with Crippen molar-refractivity contribution < 1.29 is 22.7 Å². The number of benzene rings is 1. The maximum absolute atomic E-state index is 14.1. The third-order valence-corrected chi connectivity index (χ3v) is 7.32. The minimum Gasteiger partial charge on any atom is -0.461 e. The maximum Gasteiger partial charge on any atom is 0.418 e. The molecule has 0 amide bonds. The number of halogens is 3. The molecular formula is C27H32F3N7O2. The Balaban J connectivity index is 1.50. The molecule has 0 unspecified atom stereocenters. The average molecular weight is 544 g/mol. The second kappa shape index (κ2) is 9.82. The molecule has 2 aromatic heterocycles. The van der Waals surface area contributed by atoms with Gasteiger partial charge >= 0.3 is 12.1 Å². The Kier molecular flexibility index (Phi) is 6.78. The zero-order valence-corrected chi connectivity index (χ0v) is 22.7. The van der Waals surface area contributed by atoms with Gasteiger partial charge in [0.25, 0.3) is 0 Å². The highest BCUT2D eigenvalue weighted by atomic mass is 19.4. The van der Waals surface area contributed by atoms with Crippen molar-refractivity contribution in [3.8, 4) is 11.4 Å². The molecule has 5 rings (SSSR count). The molecule has 1 aromatic carbocycles. The SMILES string of the molecule is CCOC(=O)c1nn(C)c2c1C(C)(C)Cc1cnc(Nc3ccc(N4CCN(C)CC4)c(C(F)(F)F)c3)nc1-2. The van der Waals surface area contributed by atoms with Crippen LogP contribution in [-0.4, -0.2) is 70.5 Å². The van der Waals surface area contributed by atoms with Crippen LogP contribution < -0.4 is 10.2 Å². The minimum absolute atomic E-state index is 0.152. The molecule has 12 heteroatoms. The minimum atomic E-state index is -4.52. The Morgan fingerprint density at radius 2 is 1.87 bits per heavy atom. The highest BCUT2D eigenvalue weighted by Crippen LogP contribution is 2.44. The van der Waals surface area contributed by atoms with Gasteiger partial charge in [0.05, 0.1) is 23.6 Å². The van der Waals surface area contributed by atoms with Crippen molar-refractivity contribution in [3.63, 3.8) is 0 Å². The second-order valence-electron chi connectivity index (χ2n) is 10.7. The molecule has 0 atom stereocenters. The highest BCUT2D eigenvalue weighted by molar-refractivity contribution is 5.92. The number of carbonyl (C=O) groups is 1. The van der Waals surface area contributed by atoms with Crippen molar-refractivity contribution in [2.75, 3.05) is 50.1 Å². The zero-order chi connectivity index (χ0) is 28.1. The zero-order valence-electron chi connectivity index (χ0n) is 22.7. The van der Waals surface area contributed by atoms with Gasteiger partial charge in [0.1, 0.15) is 0 Å². The lowest BCUT2D eigenvalue weighted by atomic mass is 9.73. The molecule has 208 valence electrons. The molecule has 9 nitrogen and oxygen atoms in total. The summed E-state index contributed by atoms with van der Waals surface area (Å²) in [6, 6.07) is 4.22. The van der Waals surface area contributed by atoms with Crippen LogP contribution in [0.5, 0.6) is 0 Å². The summed E-state index contributed by atoms with van der Waals surface area (Å²) in [5.41, 5.74) is 2.34. The summed E-state index contributed by atoms with van der Waals surface area (Å²) >= 11 is 0. The van der Waals surface area contributed by atoms with Crippen LogP contribution in [0.3, 0.4) is 0 Å². The number of alkyl halides is 3. The number of likely N-dealkylation sites (N-methyl/N-ethyl adjacent to an activating group) is 1. The molecule has 1 aliphatic heterocycles. The van der Waals surface area contributed by atoms with Crippen molar-refractivity contribution in [1.29, 1.82) is 0 Å². The standard InChI is InChI=1S/C27H32F3N7O2/c1-6-39-24(38)22-20-23(36(5)34-22)21-16(14-26(20,2)3)15-31-25(33-21)32-17-7-8-19(18(13-17)27(28,29)30)37-11-9-35(4)10-12-37/h7-8,13,15H,6,9-12,14H2,1-5H3,(H,31,32,33). The van der Waals surface area contributed by atoms with E-state index in [0.717, 1.165) is 17.2 Å². The molecule has 1 aliphatic carbocycles. The summed E-state index contributed by atoms with van der Waals surface area (Å²) in [7, 11) is 3.69. The number of carbonyl (C=O) groups excluding carboxylic acids is 1. The predicted molar refractivity (Wildman–Crippen MR) is 141 cm³/mol. The molecule has 2 aliphatic rings. The first kappa shape index (κ1) is 26.9. The molecule has 39 heavy (non-hydrogen) atoms. The molecule has 1 fully saturated rings. The third kappa shape index (κ3) is 5.05. The van der Waals surface area contributed by atoms with Gasteiger partial charge < -0.3 is 19.9 Å². The Hall–Kier alpha value is -3.67. The van der Waals surface area contributed by atoms with Gasteiger partial charge in [-0.25, -0.2) is 14.8 Å². The first-order valence-electron chi connectivity index (χ1n) is 12.9. The number of esters is 1. The van der Waals surface area contributed by atoms with E-state index in [9.17, 15) is 18.0 Å². The average Bonchev–Trinajstić information content (AvgIpc) is 3.23. The smallest absolute Gasteiger partial charge is 0.418 e. The topological polar surface area (TPSA) is 88.4 Å². The summed E-state index contributed by atoms with van der Waals surface area (Å²) < 4.78 is 49.1. The van der Waals surface area contributed by atoms with E-state index in [4.69, 9.17) is 4.74 Å². The fourth-order valence-corrected chi connectivity index (χ4v) is 5.44. The summed E-state index contributed by atoms with van der Waals surface area (Å²) in [5, 5.41) is 7.40. The number of rotatable bonds is 5. The van der Waals surface area contributed by atoms with E-state index in [1.807, 2.05) is 20.9 Å². The van der Waals surface area contributed by atoms with Gasteiger partial charge in [-0.3, -0.25) is 4.68 Å². The van der Waals surface area contributed by atoms with E-state index >= 15 is 0 Å². The van der Waals surface area contributed by atoms with Gasteiger partial charge in [0.2, 0.25) is 5.95 Å². The Labute approximate surface area is 225 Å². The molecule has 3 heterocycles. The van der Waals surface area contributed by atoms with Crippen LogP contribution in [0.25, 0.3) is 11.4 Å². The van der Waals surface area contributed by atoms with Crippen LogP contribution in [0.1, 0.15) is 48.0 Å². The van der Waals surface area contributed by atoms with Gasteiger partial charge in [-0.1, -0.05) is 13.8 Å². The normalized spacial score (nSPS) is 17.0. The second-order valence-corrected chi connectivity index (χ2v) is 10.7. The fraction of sp³-hybridized carbons (Fsp3) is 0.481. The van der Waals surface area contributed by atoms with E-state index in [-0.39, 0.29) is 29.6 Å². The maximum atomic E-state index is 14.1. The lowest BCUT2D eigenvalue weighted by Gasteiger charge is -2.35. The molecule has 3 aromatic rings. The van der Waals surface area contributed by atoms with Crippen LogP contribution >= 0.6 is 0 Å². The number of hydrogen-bond acceptors (Lipinski definition) is 8. The van der Waals surface area contributed by atoms with Gasteiger partial charge in [-0.05, 0) is 49.6 Å². The predicted octanol–water partition coefficient (Wildman–Crippen LogP) is 4.40. The number of anilines is 3. The number of fused-ring (bicyclic) bond motifs is 3. The van der Waals surface area contributed by atoms with E-state index in [2.05, 4.69) is 25.3 Å². The molecule has 0 radical (unpaired) electrons. The van der Waals surface area contributed by atoms with E-state index < -0.39 is 23.1 Å². The third-order valence-electron chi connectivity index (χ3n) is 7.32. The van der Waals surface area contributed by atoms with Gasteiger partial charge in [0.15, 0.2) is 5.69 Å². The van der Waals surface area contributed by atoms with Crippen molar-refractivity contribution in [2.24, 2.45) is 7.05 Å². The quantitative estimate of drug-likeness (QED) is 0.474. The molecule has 0 saturated carbocycles. The highest BCUT2D eigenvalue weighted by Gasteiger charge is 2.40. The van der Waals surface area contributed by atoms with E-state index in [1.54, 1.807) is 35.8 Å². The number of nitrogens with zero attached hydrogens (tertiary/aromatic N) is 6. The van der Waals surface area contributed by atoms with Gasteiger partial charge in [-0.15, -0.1) is 0 Å². The van der Waals surface area contributed by atoms with Crippen molar-refractivity contribution in [1.82, 2.24) is 24.6 Å². The molecule has 1 saturated heterocycles. The van der Waals surface area contributed by atoms with Crippen LogP contribution in [0.15, 0.2) is 24.4 Å². The van der Waals surface area contributed by atoms with E-state index in [1.165, 1.54) is 6.07 Å². The monoisotopic (exact) mass is 543 g/mol. The Bertz CT molecular complexity index is 1410. The molecular weight excluding hydrogens is 511 g/mol. The van der Waals surface area contributed by atoms with Gasteiger partial charge in [-0.2, -0.15) is 18.3 Å². The van der Waals surface area contributed by atoms with E-state index in [0.29, 0.717) is 44.0 Å². The number of aromatic nitrogens is 4. The molecule has 0 bridgehead atoms. The number of hydrogen-bond donors (Lipinski definition) is 1. The lowest BCUT2D eigenvalue weighted by Crippen LogP contribution is -2.45. The summed E-state index contributed by atoms with van der Waals surface area (Å²) in [6.07, 6.45) is -2.28. The Morgan fingerprint density at radius 1 is 1.15 bits per heavy atom. The van der Waals surface area contributed by atoms with Crippen LogP contribution in [0.2, 0.25) is 0 Å². The molecule has 1 N–H and O–H groups in total. The van der Waals surface area contributed by atoms with Crippen LogP contribution in [0, 0.1) is 0 Å². The van der Waals surface area contributed by atoms with Crippen molar-refractivity contribution in [3.05, 3.63) is 46.8 Å². The fourth-order valence-electron chi connectivity index (χ4n) is 5.44. The number of nitrogens with one attached hydrogen (secondary N) is 1. The summed E-state index contributed by atoms with van der Waals surface area (Å²) in [5.74, 6) is -0.350. The van der Waals surface area contributed by atoms with Gasteiger partial charge in [0, 0.05) is 56.4 Å². The van der Waals surface area contributed by atoms with Crippen LogP contribution in [0.4, 0.5) is 30.5 Å². The first-order valence-corrected chi connectivity index (χ1v) is 12.9. The summed E-state index contributed by atoms with van der Waals surface area (Å²) in [6.45, 7) is 8.45. The largest absolute Gasteiger partial charge is 0.461 e. The number of piperazine rings is 1. The lowest BCUT2D eigenvalue weighted by molar-refractivity contribution is -0.137. The number of ether oxygens (including phenoxy) is 1. The van der Waals surface area contributed by atoms with Crippen molar-refractivity contribution in [2.45, 2.75) is 38.8 Å².